The number of nitrogens with zero attached hydrogens (tertiary/aromatic N) is 2. The molecule has 0 amide bonds. The Morgan fingerprint density at radius 3 is 2.84 bits per heavy atom. The Bertz CT molecular complexity index is 617. The maximum atomic E-state index is 11.0. The van der Waals surface area contributed by atoms with Crippen LogP contribution in [-0.4, -0.2) is 9.91 Å². The molecule has 1 N–H and O–H groups in total. The first-order chi connectivity index (χ1) is 9.06. The second-order valence-corrected chi connectivity index (χ2v) is 5.05. The van der Waals surface area contributed by atoms with Crippen LogP contribution in [0.4, 0.5) is 11.4 Å². The number of benzene rings is 1. The average molecular weight is 322 g/mol. The maximum absolute atomic E-state index is 11.0. The van der Waals surface area contributed by atoms with Crippen molar-refractivity contribution in [2.24, 2.45) is 0 Å². The number of rotatable bonds is 4. The Balaban J connectivity index is 2.17. The van der Waals surface area contributed by atoms with Gasteiger partial charge in [-0.2, -0.15) is 0 Å². The molecule has 0 atom stereocenters. The normalized spacial score (nSPS) is 10.2. The molecular formula is C13H12BrN3O2. The van der Waals surface area contributed by atoms with E-state index in [9.17, 15) is 10.1 Å². The van der Waals surface area contributed by atoms with Gasteiger partial charge in [0.25, 0.3) is 5.69 Å². The van der Waals surface area contributed by atoms with Gasteiger partial charge in [-0.25, -0.2) is 0 Å². The highest BCUT2D eigenvalue weighted by Crippen LogP contribution is 2.24. The molecule has 5 nitrogen and oxygen atoms in total. The van der Waals surface area contributed by atoms with E-state index in [1.165, 1.54) is 6.07 Å². The molecule has 1 aromatic heterocycles. The molecule has 0 aliphatic rings. The monoisotopic (exact) mass is 321 g/mol. The van der Waals surface area contributed by atoms with Crippen LogP contribution in [-0.2, 0) is 6.54 Å². The quantitative estimate of drug-likeness (QED) is 0.689. The summed E-state index contributed by atoms with van der Waals surface area (Å²) in [6, 6.07) is 6.97. The Kier molecular flexibility index (Phi) is 4.11. The van der Waals surface area contributed by atoms with Crippen molar-refractivity contribution >= 4 is 27.3 Å². The number of hydrogen-bond acceptors (Lipinski definition) is 4. The van der Waals surface area contributed by atoms with Gasteiger partial charge in [-0.05, 0) is 30.7 Å². The smallest absolute Gasteiger partial charge is 0.275 e. The molecule has 98 valence electrons. The minimum absolute atomic E-state index is 0.0995. The predicted octanol–water partition coefficient (Wildman–Crippen LogP) is 3.67. The highest BCUT2D eigenvalue weighted by atomic mass is 79.9. The zero-order valence-electron chi connectivity index (χ0n) is 10.3. The van der Waals surface area contributed by atoms with Gasteiger partial charge in [0.05, 0.1) is 10.6 Å². The van der Waals surface area contributed by atoms with Crippen LogP contribution in [0.15, 0.2) is 41.1 Å². The molecule has 1 heterocycles. The summed E-state index contributed by atoms with van der Waals surface area (Å²) in [6.07, 6.45) is 3.45. The van der Waals surface area contributed by atoms with Crippen LogP contribution in [0.25, 0.3) is 0 Å². The molecule has 0 aliphatic heterocycles. The van der Waals surface area contributed by atoms with E-state index in [2.05, 4.69) is 26.2 Å². The van der Waals surface area contributed by atoms with Gasteiger partial charge in [0.1, 0.15) is 0 Å². The highest BCUT2D eigenvalue weighted by molar-refractivity contribution is 9.10. The van der Waals surface area contributed by atoms with Gasteiger partial charge >= 0.3 is 0 Å². The van der Waals surface area contributed by atoms with Crippen molar-refractivity contribution in [3.8, 4) is 0 Å². The third-order valence-electron chi connectivity index (χ3n) is 2.60. The maximum Gasteiger partial charge on any atom is 0.275 e. The van der Waals surface area contributed by atoms with Crippen LogP contribution >= 0.6 is 15.9 Å². The van der Waals surface area contributed by atoms with Crippen molar-refractivity contribution in [3.63, 3.8) is 0 Å². The Hall–Kier alpha value is -1.95. The highest BCUT2D eigenvalue weighted by Gasteiger charge is 2.13. The summed E-state index contributed by atoms with van der Waals surface area (Å²) in [5, 5.41) is 14.1. The van der Waals surface area contributed by atoms with Gasteiger partial charge in [0.15, 0.2) is 0 Å². The van der Waals surface area contributed by atoms with E-state index in [1.54, 1.807) is 24.5 Å². The lowest BCUT2D eigenvalue weighted by atomic mass is 10.2. The van der Waals surface area contributed by atoms with Crippen LogP contribution in [0, 0.1) is 17.0 Å². The molecule has 6 heteroatoms. The Labute approximate surface area is 119 Å². The molecule has 2 rings (SSSR count). The molecule has 0 bridgehead atoms. The van der Waals surface area contributed by atoms with Crippen molar-refractivity contribution in [2.75, 3.05) is 5.32 Å². The molecular weight excluding hydrogens is 310 g/mol. The SMILES string of the molecule is Cc1cncc(NCc2ccc(Br)cc2[N+](=O)[O-])c1. The summed E-state index contributed by atoms with van der Waals surface area (Å²) in [5.74, 6) is 0. The number of pyridine rings is 1. The van der Waals surface area contributed by atoms with Crippen molar-refractivity contribution < 1.29 is 4.92 Å². The van der Waals surface area contributed by atoms with Crippen LogP contribution in [0.2, 0.25) is 0 Å². The zero-order valence-corrected chi connectivity index (χ0v) is 11.8. The van der Waals surface area contributed by atoms with Gasteiger partial charge in [0.2, 0.25) is 0 Å². The number of nitro groups is 1. The second-order valence-electron chi connectivity index (χ2n) is 4.13. The third kappa shape index (κ3) is 3.51. The number of halogens is 1. The number of nitro benzene ring substituents is 1. The molecule has 0 fully saturated rings. The standard InChI is InChI=1S/C13H12BrN3O2/c1-9-4-12(8-15-6-9)16-7-10-2-3-11(14)5-13(10)17(18)19/h2-6,8,16H,7H2,1H3. The fraction of sp³-hybridized carbons (Fsp3) is 0.154. The van der Waals surface area contributed by atoms with Gasteiger partial charge in [-0.1, -0.05) is 15.9 Å². The van der Waals surface area contributed by atoms with E-state index in [0.717, 1.165) is 11.3 Å². The number of aromatic nitrogens is 1. The minimum Gasteiger partial charge on any atom is -0.379 e. The lowest BCUT2D eigenvalue weighted by Crippen LogP contribution is -2.03. The van der Waals surface area contributed by atoms with E-state index in [-0.39, 0.29) is 10.6 Å². The van der Waals surface area contributed by atoms with Crippen molar-refractivity contribution in [1.29, 1.82) is 0 Å². The molecule has 0 radical (unpaired) electrons. The van der Waals surface area contributed by atoms with Gasteiger partial charge in [0, 0.05) is 35.0 Å². The van der Waals surface area contributed by atoms with E-state index in [1.807, 2.05) is 13.0 Å². The van der Waals surface area contributed by atoms with Gasteiger partial charge in [-0.3, -0.25) is 15.1 Å². The summed E-state index contributed by atoms with van der Waals surface area (Å²) in [4.78, 5) is 14.7. The van der Waals surface area contributed by atoms with Crippen LogP contribution in [0.5, 0.6) is 0 Å². The number of aryl methyl sites for hydroxylation is 1. The summed E-state index contributed by atoms with van der Waals surface area (Å²) in [7, 11) is 0. The largest absolute Gasteiger partial charge is 0.379 e. The van der Waals surface area contributed by atoms with E-state index >= 15 is 0 Å². The van der Waals surface area contributed by atoms with E-state index in [0.29, 0.717) is 16.6 Å². The topological polar surface area (TPSA) is 68.1 Å². The zero-order chi connectivity index (χ0) is 13.8. The molecule has 1 aromatic carbocycles. The minimum atomic E-state index is -0.379. The lowest BCUT2D eigenvalue weighted by Gasteiger charge is -2.07. The molecule has 0 spiro atoms. The van der Waals surface area contributed by atoms with Crippen molar-refractivity contribution in [2.45, 2.75) is 13.5 Å². The molecule has 2 aromatic rings. The first-order valence-corrected chi connectivity index (χ1v) is 6.44. The summed E-state index contributed by atoms with van der Waals surface area (Å²) >= 11 is 3.24. The second kappa shape index (κ2) is 5.79. The first kappa shape index (κ1) is 13.5. The van der Waals surface area contributed by atoms with Crippen molar-refractivity contribution in [3.05, 3.63) is 62.4 Å². The van der Waals surface area contributed by atoms with Gasteiger partial charge < -0.3 is 5.32 Å². The fourth-order valence-electron chi connectivity index (χ4n) is 1.71. The van der Waals surface area contributed by atoms with Crippen LogP contribution < -0.4 is 5.32 Å². The van der Waals surface area contributed by atoms with Gasteiger partial charge in [-0.15, -0.1) is 0 Å². The Morgan fingerprint density at radius 2 is 2.16 bits per heavy atom. The molecule has 0 unspecified atom stereocenters. The summed E-state index contributed by atoms with van der Waals surface area (Å²) in [6.45, 7) is 2.33. The molecule has 0 aliphatic carbocycles. The number of anilines is 1. The van der Waals surface area contributed by atoms with E-state index < -0.39 is 0 Å². The fourth-order valence-corrected chi connectivity index (χ4v) is 2.05. The molecule has 19 heavy (non-hydrogen) atoms. The Morgan fingerprint density at radius 1 is 1.37 bits per heavy atom. The van der Waals surface area contributed by atoms with Crippen molar-refractivity contribution in [1.82, 2.24) is 4.98 Å². The van der Waals surface area contributed by atoms with Crippen LogP contribution in [0.3, 0.4) is 0 Å². The first-order valence-electron chi connectivity index (χ1n) is 5.64. The lowest BCUT2D eigenvalue weighted by molar-refractivity contribution is -0.385. The number of nitrogens with one attached hydrogen (secondary N) is 1. The summed E-state index contributed by atoms with van der Waals surface area (Å²) < 4.78 is 0.695. The molecule has 0 saturated carbocycles. The molecule has 0 saturated heterocycles. The summed E-state index contributed by atoms with van der Waals surface area (Å²) in [5.41, 5.74) is 2.62. The number of hydrogen-bond donors (Lipinski definition) is 1. The average Bonchev–Trinajstić information content (AvgIpc) is 2.37. The van der Waals surface area contributed by atoms with E-state index in [4.69, 9.17) is 0 Å². The predicted molar refractivity (Wildman–Crippen MR) is 77.1 cm³/mol. The third-order valence-corrected chi connectivity index (χ3v) is 3.10. The van der Waals surface area contributed by atoms with Crippen LogP contribution in [0.1, 0.15) is 11.1 Å².